The summed E-state index contributed by atoms with van der Waals surface area (Å²) in [4.78, 5) is 11.9. The highest BCUT2D eigenvalue weighted by Crippen LogP contribution is 2.25. The Hall–Kier alpha value is -1.83. The van der Waals surface area contributed by atoms with Gasteiger partial charge >= 0.3 is 0 Å². The maximum atomic E-state index is 11.9. The molecule has 5 nitrogen and oxygen atoms in total. The molecular weight excluding hydrogens is 228 g/mol. The van der Waals surface area contributed by atoms with E-state index < -0.39 is 0 Å². The summed E-state index contributed by atoms with van der Waals surface area (Å²) in [7, 11) is 0. The van der Waals surface area contributed by atoms with E-state index in [0.29, 0.717) is 23.7 Å². The number of hydrogen-bond donors (Lipinski definition) is 2. The van der Waals surface area contributed by atoms with Crippen LogP contribution in [0.5, 0.6) is 0 Å². The van der Waals surface area contributed by atoms with Gasteiger partial charge in [-0.2, -0.15) is 10.4 Å². The highest BCUT2D eigenvalue weighted by molar-refractivity contribution is 5.91. The summed E-state index contributed by atoms with van der Waals surface area (Å²) >= 11 is 0. The third-order valence-electron chi connectivity index (χ3n) is 3.47. The van der Waals surface area contributed by atoms with Crippen LogP contribution in [0.3, 0.4) is 0 Å². The fourth-order valence-corrected chi connectivity index (χ4v) is 2.49. The van der Waals surface area contributed by atoms with Crippen molar-refractivity contribution in [3.8, 4) is 6.07 Å². The lowest BCUT2D eigenvalue weighted by atomic mass is 9.96. The van der Waals surface area contributed by atoms with Gasteiger partial charge in [0.25, 0.3) is 0 Å². The lowest BCUT2D eigenvalue weighted by molar-refractivity contribution is -0.117. The number of nitrogens with zero attached hydrogens (tertiary/aromatic N) is 2. The molecular formula is C13H18N4O. The Balaban J connectivity index is 1.86. The van der Waals surface area contributed by atoms with Crippen molar-refractivity contribution in [1.29, 1.82) is 5.26 Å². The zero-order valence-corrected chi connectivity index (χ0v) is 10.4. The second kappa shape index (κ2) is 6.20. The van der Waals surface area contributed by atoms with E-state index in [4.69, 9.17) is 5.26 Å². The van der Waals surface area contributed by atoms with Gasteiger partial charge in [0, 0.05) is 6.42 Å². The number of hydrogen-bond acceptors (Lipinski definition) is 3. The largest absolute Gasteiger partial charge is 0.310 e. The molecule has 2 N–H and O–H groups in total. The van der Waals surface area contributed by atoms with Crippen molar-refractivity contribution < 1.29 is 4.79 Å². The van der Waals surface area contributed by atoms with E-state index in [1.165, 1.54) is 31.9 Å². The molecule has 0 saturated heterocycles. The topological polar surface area (TPSA) is 81.6 Å². The van der Waals surface area contributed by atoms with Gasteiger partial charge in [0.05, 0.1) is 6.20 Å². The van der Waals surface area contributed by atoms with Gasteiger partial charge in [0.15, 0.2) is 0 Å². The smallest absolute Gasteiger partial charge is 0.225 e. The zero-order chi connectivity index (χ0) is 12.8. The second-order valence-corrected chi connectivity index (χ2v) is 4.88. The van der Waals surface area contributed by atoms with Crippen molar-refractivity contribution in [3.05, 3.63) is 11.8 Å². The minimum absolute atomic E-state index is 0.0253. The Morgan fingerprint density at radius 1 is 1.44 bits per heavy atom. The summed E-state index contributed by atoms with van der Waals surface area (Å²) in [5, 5.41) is 17.9. The van der Waals surface area contributed by atoms with Crippen LogP contribution in [0.25, 0.3) is 0 Å². The van der Waals surface area contributed by atoms with Gasteiger partial charge in [0.1, 0.15) is 17.5 Å². The van der Waals surface area contributed by atoms with Crippen LogP contribution in [0.4, 0.5) is 5.82 Å². The number of carbonyl (C=O) groups excluding carboxylic acids is 1. The van der Waals surface area contributed by atoms with Crippen molar-refractivity contribution in [2.24, 2.45) is 5.92 Å². The molecule has 0 atom stereocenters. The average Bonchev–Trinajstić information content (AvgIpc) is 2.64. The first kappa shape index (κ1) is 12.6. The van der Waals surface area contributed by atoms with Crippen LogP contribution >= 0.6 is 0 Å². The van der Waals surface area contributed by atoms with Crippen LogP contribution in [0.15, 0.2) is 6.20 Å². The van der Waals surface area contributed by atoms with E-state index in [9.17, 15) is 4.79 Å². The number of nitrogens with one attached hydrogen (secondary N) is 2. The Morgan fingerprint density at radius 2 is 2.17 bits per heavy atom. The summed E-state index contributed by atoms with van der Waals surface area (Å²) in [6, 6.07) is 1.99. The van der Waals surface area contributed by atoms with Gasteiger partial charge in [0.2, 0.25) is 5.91 Å². The van der Waals surface area contributed by atoms with Gasteiger partial charge in [-0.3, -0.25) is 9.89 Å². The van der Waals surface area contributed by atoms with E-state index in [0.717, 1.165) is 12.8 Å². The average molecular weight is 246 g/mol. The lowest BCUT2D eigenvalue weighted by Crippen LogP contribution is -2.17. The molecule has 1 fully saturated rings. The molecule has 1 aromatic heterocycles. The molecule has 1 aromatic rings. The van der Waals surface area contributed by atoms with E-state index in [1.54, 1.807) is 0 Å². The Morgan fingerprint density at radius 3 is 2.83 bits per heavy atom. The fraction of sp³-hybridized carbons (Fsp3) is 0.615. The molecule has 5 heteroatoms. The van der Waals surface area contributed by atoms with Crippen LogP contribution in [0.2, 0.25) is 0 Å². The van der Waals surface area contributed by atoms with E-state index in [-0.39, 0.29) is 5.91 Å². The van der Waals surface area contributed by atoms with Gasteiger partial charge in [-0.1, -0.05) is 25.7 Å². The summed E-state index contributed by atoms with van der Waals surface area (Å²) in [5.74, 6) is 0.875. The maximum Gasteiger partial charge on any atom is 0.225 e. The summed E-state index contributed by atoms with van der Waals surface area (Å²) in [6.07, 6.45) is 9.28. The van der Waals surface area contributed by atoms with E-state index in [1.807, 2.05) is 6.07 Å². The van der Waals surface area contributed by atoms with Crippen LogP contribution in [-0.4, -0.2) is 16.1 Å². The Bertz CT molecular complexity index is 438. The maximum absolute atomic E-state index is 11.9. The van der Waals surface area contributed by atoms with Crippen molar-refractivity contribution >= 4 is 11.7 Å². The molecule has 1 amide bonds. The Kier molecular flexibility index (Phi) is 4.35. The van der Waals surface area contributed by atoms with Crippen molar-refractivity contribution in [2.45, 2.75) is 44.9 Å². The van der Waals surface area contributed by atoms with E-state index >= 15 is 0 Å². The van der Waals surface area contributed by atoms with Crippen molar-refractivity contribution in [3.63, 3.8) is 0 Å². The first-order valence-corrected chi connectivity index (χ1v) is 6.53. The monoisotopic (exact) mass is 246 g/mol. The van der Waals surface area contributed by atoms with Crippen molar-refractivity contribution in [1.82, 2.24) is 10.2 Å². The first-order chi connectivity index (χ1) is 8.79. The molecule has 0 aromatic carbocycles. The van der Waals surface area contributed by atoms with Gasteiger partial charge < -0.3 is 5.32 Å². The summed E-state index contributed by atoms with van der Waals surface area (Å²) in [6.45, 7) is 0. The third kappa shape index (κ3) is 3.33. The van der Waals surface area contributed by atoms with Gasteiger partial charge in [-0.05, 0) is 18.8 Å². The molecule has 1 saturated carbocycles. The normalized spacial score (nSPS) is 16.8. The molecule has 1 aliphatic carbocycles. The number of amides is 1. The van der Waals surface area contributed by atoms with Gasteiger partial charge in [-0.25, -0.2) is 0 Å². The molecule has 0 spiro atoms. The number of H-pyrrole nitrogens is 1. The molecule has 1 heterocycles. The molecule has 0 radical (unpaired) electrons. The second-order valence-electron chi connectivity index (χ2n) is 4.88. The minimum atomic E-state index is -0.0253. The number of nitriles is 1. The number of aromatic nitrogens is 2. The number of rotatable bonds is 3. The predicted octanol–water partition coefficient (Wildman–Crippen LogP) is 2.58. The Labute approximate surface area is 107 Å². The van der Waals surface area contributed by atoms with Crippen LogP contribution in [0.1, 0.15) is 50.5 Å². The number of carbonyl (C=O) groups is 1. The molecule has 0 bridgehead atoms. The highest BCUT2D eigenvalue weighted by Gasteiger charge is 2.17. The molecule has 18 heavy (non-hydrogen) atoms. The van der Waals surface area contributed by atoms with E-state index in [2.05, 4.69) is 15.5 Å². The quantitative estimate of drug-likeness (QED) is 0.804. The van der Waals surface area contributed by atoms with Crippen molar-refractivity contribution in [2.75, 3.05) is 5.32 Å². The highest BCUT2D eigenvalue weighted by atomic mass is 16.1. The molecule has 96 valence electrons. The lowest BCUT2D eigenvalue weighted by Gasteiger charge is -2.12. The first-order valence-electron chi connectivity index (χ1n) is 6.53. The molecule has 0 unspecified atom stereocenters. The molecule has 2 rings (SSSR count). The standard InChI is InChI=1S/C13H18N4O/c14-8-11-9-15-17-13(11)16-12(18)7-10-5-3-1-2-4-6-10/h9-10H,1-7H2,(H2,15,16,17,18). The minimum Gasteiger partial charge on any atom is -0.310 e. The third-order valence-corrected chi connectivity index (χ3v) is 3.47. The van der Waals surface area contributed by atoms with Crippen LogP contribution in [0, 0.1) is 17.2 Å². The molecule has 0 aliphatic heterocycles. The van der Waals surface area contributed by atoms with Gasteiger partial charge in [-0.15, -0.1) is 0 Å². The van der Waals surface area contributed by atoms with Crippen LogP contribution in [-0.2, 0) is 4.79 Å². The number of aromatic amines is 1. The summed E-state index contributed by atoms with van der Waals surface area (Å²) in [5.41, 5.74) is 0.379. The fourth-order valence-electron chi connectivity index (χ4n) is 2.49. The SMILES string of the molecule is N#Cc1cn[nH]c1NC(=O)CC1CCCCCC1. The zero-order valence-electron chi connectivity index (χ0n) is 10.4. The molecule has 1 aliphatic rings. The summed E-state index contributed by atoms with van der Waals surface area (Å²) < 4.78 is 0. The van der Waals surface area contributed by atoms with Crippen LogP contribution < -0.4 is 5.32 Å². The number of anilines is 1. The predicted molar refractivity (Wildman–Crippen MR) is 67.7 cm³/mol.